The van der Waals surface area contributed by atoms with Gasteiger partial charge in [0.05, 0.1) is 4.90 Å². The summed E-state index contributed by atoms with van der Waals surface area (Å²) in [7, 11) is -2.54. The quantitative estimate of drug-likeness (QED) is 0.874. The van der Waals surface area contributed by atoms with Crippen molar-refractivity contribution in [3.63, 3.8) is 0 Å². The standard InChI is InChI=1S/C13H20F2N2O2S/c1-9(2)13(16)4-5-17(3)20(18,19)12-7-10(14)6-11(15)8-12/h6-9,13H,4-5,16H2,1-3H3. The summed E-state index contributed by atoms with van der Waals surface area (Å²) >= 11 is 0. The van der Waals surface area contributed by atoms with E-state index in [0.29, 0.717) is 12.5 Å². The van der Waals surface area contributed by atoms with Crippen LogP contribution in [0.2, 0.25) is 0 Å². The highest BCUT2D eigenvalue weighted by molar-refractivity contribution is 7.89. The molecule has 1 rings (SSSR count). The Hall–Kier alpha value is -1.05. The molecule has 1 aromatic carbocycles. The van der Waals surface area contributed by atoms with Crippen molar-refractivity contribution in [2.75, 3.05) is 13.6 Å². The second-order valence-corrected chi connectivity index (χ2v) is 7.17. The highest BCUT2D eigenvalue weighted by Crippen LogP contribution is 2.18. The lowest BCUT2D eigenvalue weighted by atomic mass is 10.0. The molecular formula is C13H20F2N2O2S. The average Bonchev–Trinajstić information content (AvgIpc) is 2.33. The van der Waals surface area contributed by atoms with E-state index >= 15 is 0 Å². The molecule has 0 radical (unpaired) electrons. The van der Waals surface area contributed by atoms with Crippen LogP contribution in [-0.4, -0.2) is 32.4 Å². The van der Waals surface area contributed by atoms with Crippen LogP contribution >= 0.6 is 0 Å². The fourth-order valence-corrected chi connectivity index (χ4v) is 2.87. The lowest BCUT2D eigenvalue weighted by Gasteiger charge is -2.21. The third kappa shape index (κ3) is 4.22. The molecule has 0 spiro atoms. The van der Waals surface area contributed by atoms with Crippen LogP contribution in [-0.2, 0) is 10.0 Å². The van der Waals surface area contributed by atoms with Crippen molar-refractivity contribution in [2.45, 2.75) is 31.2 Å². The Labute approximate surface area is 118 Å². The summed E-state index contributed by atoms with van der Waals surface area (Å²) in [6.45, 7) is 4.09. The van der Waals surface area contributed by atoms with Gasteiger partial charge in [0.25, 0.3) is 0 Å². The minimum atomic E-state index is -3.91. The van der Waals surface area contributed by atoms with Gasteiger partial charge in [0.1, 0.15) is 11.6 Å². The maximum absolute atomic E-state index is 13.1. The van der Waals surface area contributed by atoms with Gasteiger partial charge in [-0.05, 0) is 24.5 Å². The predicted octanol–water partition coefficient (Wildman–Crippen LogP) is 1.96. The van der Waals surface area contributed by atoms with Crippen LogP contribution < -0.4 is 5.73 Å². The lowest BCUT2D eigenvalue weighted by Crippen LogP contribution is -2.34. The van der Waals surface area contributed by atoms with Crippen LogP contribution in [0.4, 0.5) is 8.78 Å². The second-order valence-electron chi connectivity index (χ2n) is 5.13. The Morgan fingerprint density at radius 1 is 1.20 bits per heavy atom. The normalized spacial score (nSPS) is 14.0. The zero-order valence-corrected chi connectivity index (χ0v) is 12.6. The molecule has 0 saturated heterocycles. The molecule has 2 N–H and O–H groups in total. The van der Waals surface area contributed by atoms with E-state index < -0.39 is 26.6 Å². The Kier molecular flexibility index (Phi) is 5.61. The number of hydrogen-bond acceptors (Lipinski definition) is 3. The minimum Gasteiger partial charge on any atom is -0.327 e. The monoisotopic (exact) mass is 306 g/mol. The number of nitrogens with two attached hydrogens (primary N) is 1. The van der Waals surface area contributed by atoms with E-state index in [1.54, 1.807) is 0 Å². The summed E-state index contributed by atoms with van der Waals surface area (Å²) in [5, 5.41) is 0. The van der Waals surface area contributed by atoms with Crippen LogP contribution in [0.25, 0.3) is 0 Å². The fourth-order valence-electron chi connectivity index (χ4n) is 1.64. The topological polar surface area (TPSA) is 63.4 Å². The first-order valence-corrected chi connectivity index (χ1v) is 7.76. The van der Waals surface area contributed by atoms with Crippen molar-refractivity contribution in [1.82, 2.24) is 4.31 Å². The SMILES string of the molecule is CC(C)C(N)CCN(C)S(=O)(=O)c1cc(F)cc(F)c1. The zero-order chi connectivity index (χ0) is 15.5. The number of sulfonamides is 1. The maximum atomic E-state index is 13.1. The summed E-state index contributed by atoms with van der Waals surface area (Å²) in [6, 6.07) is 2.11. The van der Waals surface area contributed by atoms with Gasteiger partial charge in [0.2, 0.25) is 10.0 Å². The molecule has 0 heterocycles. The number of halogens is 2. The number of hydrogen-bond donors (Lipinski definition) is 1. The molecule has 1 aromatic rings. The van der Waals surface area contributed by atoms with Crippen LogP contribution in [0.15, 0.2) is 23.1 Å². The summed E-state index contributed by atoms with van der Waals surface area (Å²) < 4.78 is 51.6. The summed E-state index contributed by atoms with van der Waals surface area (Å²) in [5.41, 5.74) is 5.85. The molecule has 114 valence electrons. The van der Waals surface area contributed by atoms with Gasteiger partial charge < -0.3 is 5.73 Å². The van der Waals surface area contributed by atoms with Gasteiger partial charge in [-0.2, -0.15) is 0 Å². The maximum Gasteiger partial charge on any atom is 0.243 e. The fraction of sp³-hybridized carbons (Fsp3) is 0.538. The van der Waals surface area contributed by atoms with Crippen molar-refractivity contribution < 1.29 is 17.2 Å². The molecule has 1 unspecified atom stereocenters. The molecule has 7 heteroatoms. The lowest BCUT2D eigenvalue weighted by molar-refractivity contribution is 0.397. The third-order valence-electron chi connectivity index (χ3n) is 3.18. The highest BCUT2D eigenvalue weighted by atomic mass is 32.2. The summed E-state index contributed by atoms with van der Waals surface area (Å²) in [6.07, 6.45) is 0.477. The van der Waals surface area contributed by atoms with E-state index in [2.05, 4.69) is 0 Å². The van der Waals surface area contributed by atoms with E-state index in [0.717, 1.165) is 16.4 Å². The Morgan fingerprint density at radius 3 is 2.15 bits per heavy atom. The molecule has 0 amide bonds. The van der Waals surface area contributed by atoms with Crippen LogP contribution in [0.3, 0.4) is 0 Å². The molecule has 0 aliphatic heterocycles. The number of rotatable bonds is 6. The van der Waals surface area contributed by atoms with Crippen LogP contribution in [0.1, 0.15) is 20.3 Å². The van der Waals surface area contributed by atoms with Crippen molar-refractivity contribution in [1.29, 1.82) is 0 Å². The van der Waals surface area contributed by atoms with Crippen molar-refractivity contribution in [3.05, 3.63) is 29.8 Å². The smallest absolute Gasteiger partial charge is 0.243 e. The molecule has 20 heavy (non-hydrogen) atoms. The van der Waals surface area contributed by atoms with Gasteiger partial charge in [-0.15, -0.1) is 0 Å². The average molecular weight is 306 g/mol. The molecule has 0 aromatic heterocycles. The first-order valence-electron chi connectivity index (χ1n) is 6.32. The van der Waals surface area contributed by atoms with Gasteiger partial charge in [-0.3, -0.25) is 0 Å². The molecule has 0 bridgehead atoms. The number of benzene rings is 1. The molecule has 0 aliphatic carbocycles. The molecular weight excluding hydrogens is 286 g/mol. The van der Waals surface area contributed by atoms with Crippen molar-refractivity contribution in [3.8, 4) is 0 Å². The van der Waals surface area contributed by atoms with Crippen molar-refractivity contribution >= 4 is 10.0 Å². The second kappa shape index (κ2) is 6.60. The van der Waals surface area contributed by atoms with Gasteiger partial charge in [-0.1, -0.05) is 13.8 Å². The van der Waals surface area contributed by atoms with Gasteiger partial charge in [0, 0.05) is 25.7 Å². The predicted molar refractivity (Wildman–Crippen MR) is 73.6 cm³/mol. The highest BCUT2D eigenvalue weighted by Gasteiger charge is 2.23. The van der Waals surface area contributed by atoms with E-state index in [1.165, 1.54) is 7.05 Å². The molecule has 0 aliphatic rings. The van der Waals surface area contributed by atoms with Crippen LogP contribution in [0, 0.1) is 17.6 Å². The molecule has 1 atom stereocenters. The van der Waals surface area contributed by atoms with Crippen LogP contribution in [0.5, 0.6) is 0 Å². The third-order valence-corrected chi connectivity index (χ3v) is 5.01. The first kappa shape index (κ1) is 17.0. The Bertz CT molecular complexity index is 541. The Morgan fingerprint density at radius 2 is 1.70 bits per heavy atom. The minimum absolute atomic E-state index is 0.128. The first-order chi connectivity index (χ1) is 9.14. The van der Waals surface area contributed by atoms with Gasteiger partial charge >= 0.3 is 0 Å². The van der Waals surface area contributed by atoms with E-state index in [9.17, 15) is 17.2 Å². The van der Waals surface area contributed by atoms with E-state index in [4.69, 9.17) is 5.73 Å². The van der Waals surface area contributed by atoms with E-state index in [-0.39, 0.29) is 18.5 Å². The zero-order valence-electron chi connectivity index (χ0n) is 11.8. The Balaban J connectivity index is 2.87. The summed E-state index contributed by atoms with van der Waals surface area (Å²) in [5.74, 6) is -1.61. The van der Waals surface area contributed by atoms with Crippen molar-refractivity contribution in [2.24, 2.45) is 11.7 Å². The molecule has 0 fully saturated rings. The summed E-state index contributed by atoms with van der Waals surface area (Å²) in [4.78, 5) is -0.393. The largest absolute Gasteiger partial charge is 0.327 e. The molecule has 4 nitrogen and oxygen atoms in total. The molecule has 0 saturated carbocycles. The van der Waals surface area contributed by atoms with Gasteiger partial charge in [0.15, 0.2) is 0 Å². The van der Waals surface area contributed by atoms with Gasteiger partial charge in [-0.25, -0.2) is 21.5 Å². The van der Waals surface area contributed by atoms with E-state index in [1.807, 2.05) is 13.8 Å². The number of nitrogens with zero attached hydrogens (tertiary/aromatic N) is 1.